The van der Waals surface area contributed by atoms with Crippen molar-refractivity contribution in [1.82, 2.24) is 9.80 Å². The van der Waals surface area contributed by atoms with E-state index in [1.807, 2.05) is 0 Å². The van der Waals surface area contributed by atoms with E-state index >= 15 is 0 Å². The van der Waals surface area contributed by atoms with Crippen molar-refractivity contribution < 1.29 is 45.8 Å². The van der Waals surface area contributed by atoms with E-state index in [2.05, 4.69) is 0 Å². The number of alkyl halides is 6. The molecule has 1 radical (unpaired) electrons. The number of benzene rings is 2. The summed E-state index contributed by atoms with van der Waals surface area (Å²) in [5.41, 5.74) is -4.97. The SMILES string of the molecule is COc1ccccc1-c1c[c]c(C(F)(F)F)c(C(F)(F)F)c1/C=C/C(=O)N1CCN(CC(=O)O)CC1. The molecule has 0 saturated carbocycles. The van der Waals surface area contributed by atoms with Gasteiger partial charge in [0.2, 0.25) is 5.91 Å². The van der Waals surface area contributed by atoms with E-state index in [1.165, 1.54) is 30.2 Å². The molecule has 0 spiro atoms. The number of carboxylic acid groups (broad SMARTS) is 1. The number of carboxylic acids is 1. The van der Waals surface area contributed by atoms with Crippen LogP contribution in [0.3, 0.4) is 0 Å². The number of methoxy groups -OCH3 is 1. The Morgan fingerprint density at radius 2 is 1.67 bits per heavy atom. The monoisotopic (exact) mass is 515 g/mol. The van der Waals surface area contributed by atoms with Crippen molar-refractivity contribution in [2.24, 2.45) is 0 Å². The van der Waals surface area contributed by atoms with E-state index < -0.39 is 40.9 Å². The van der Waals surface area contributed by atoms with Gasteiger partial charge in [0.05, 0.1) is 24.8 Å². The van der Waals surface area contributed by atoms with Crippen LogP contribution in [-0.4, -0.2) is 66.6 Å². The molecule has 2 aromatic rings. The summed E-state index contributed by atoms with van der Waals surface area (Å²) >= 11 is 0. The summed E-state index contributed by atoms with van der Waals surface area (Å²) in [5.74, 6) is -1.64. The third-order valence-electron chi connectivity index (χ3n) is 5.57. The molecule has 36 heavy (non-hydrogen) atoms. The van der Waals surface area contributed by atoms with Crippen molar-refractivity contribution in [2.45, 2.75) is 12.4 Å². The third kappa shape index (κ3) is 6.17. The molecule has 12 heteroatoms. The maximum Gasteiger partial charge on any atom is 0.417 e. The summed E-state index contributed by atoms with van der Waals surface area (Å²) in [5, 5.41) is 8.86. The molecule has 1 aliphatic rings. The van der Waals surface area contributed by atoms with Crippen molar-refractivity contribution in [3.63, 3.8) is 0 Å². The first-order valence-electron chi connectivity index (χ1n) is 10.6. The fourth-order valence-corrected chi connectivity index (χ4v) is 3.92. The maximum atomic E-state index is 14.0. The Kier molecular flexibility index (Phi) is 7.97. The average molecular weight is 515 g/mol. The second-order valence-corrected chi connectivity index (χ2v) is 7.89. The molecular weight excluding hydrogens is 494 g/mol. The number of ether oxygens (including phenoxy) is 1. The van der Waals surface area contributed by atoms with E-state index in [9.17, 15) is 35.9 Å². The molecule has 6 nitrogen and oxygen atoms in total. The number of aliphatic carboxylic acids is 1. The minimum absolute atomic E-state index is 0.0878. The molecule has 0 aromatic heterocycles. The molecule has 1 heterocycles. The highest BCUT2D eigenvalue weighted by Crippen LogP contribution is 2.46. The first-order chi connectivity index (χ1) is 16.8. The molecule has 3 rings (SSSR count). The zero-order valence-electron chi connectivity index (χ0n) is 18.9. The number of hydrogen-bond donors (Lipinski definition) is 1. The van der Waals surface area contributed by atoms with Gasteiger partial charge in [0.15, 0.2) is 0 Å². The van der Waals surface area contributed by atoms with E-state index in [1.54, 1.807) is 17.0 Å². The molecule has 193 valence electrons. The summed E-state index contributed by atoms with van der Waals surface area (Å²) in [6, 6.07) is 8.38. The lowest BCUT2D eigenvalue weighted by Crippen LogP contribution is -2.49. The third-order valence-corrected chi connectivity index (χ3v) is 5.57. The number of nitrogens with zero attached hydrogens (tertiary/aromatic N) is 2. The van der Waals surface area contributed by atoms with Crippen LogP contribution in [0.15, 0.2) is 36.4 Å². The summed E-state index contributed by atoms with van der Waals surface area (Å²) in [6.45, 7) is 0.446. The Morgan fingerprint density at radius 1 is 1.03 bits per heavy atom. The van der Waals surface area contributed by atoms with Crippen molar-refractivity contribution >= 4 is 18.0 Å². The zero-order chi connectivity index (χ0) is 26.7. The van der Waals surface area contributed by atoms with Gasteiger partial charge in [-0.2, -0.15) is 26.3 Å². The number of carbonyl (C=O) groups is 2. The van der Waals surface area contributed by atoms with Crippen molar-refractivity contribution in [3.05, 3.63) is 59.2 Å². The second kappa shape index (κ2) is 10.6. The van der Waals surface area contributed by atoms with Crippen LogP contribution in [-0.2, 0) is 21.9 Å². The fourth-order valence-electron chi connectivity index (χ4n) is 3.92. The van der Waals surface area contributed by atoms with Crippen molar-refractivity contribution in [1.29, 1.82) is 0 Å². The van der Waals surface area contributed by atoms with Gasteiger partial charge in [-0.1, -0.05) is 18.2 Å². The smallest absolute Gasteiger partial charge is 0.417 e. The van der Waals surface area contributed by atoms with Gasteiger partial charge in [-0.25, -0.2) is 0 Å². The highest BCUT2D eigenvalue weighted by molar-refractivity contribution is 5.94. The minimum atomic E-state index is -5.41. The Morgan fingerprint density at radius 3 is 2.22 bits per heavy atom. The van der Waals surface area contributed by atoms with Gasteiger partial charge in [-0.3, -0.25) is 14.5 Å². The first kappa shape index (κ1) is 27.1. The minimum Gasteiger partial charge on any atom is -0.496 e. The lowest BCUT2D eigenvalue weighted by Gasteiger charge is -2.33. The van der Waals surface area contributed by atoms with Gasteiger partial charge in [-0.05, 0) is 35.4 Å². The van der Waals surface area contributed by atoms with Crippen molar-refractivity contribution in [2.75, 3.05) is 39.8 Å². The van der Waals surface area contributed by atoms with Gasteiger partial charge in [0.1, 0.15) is 5.75 Å². The predicted octanol–water partition coefficient (Wildman–Crippen LogP) is 4.44. The second-order valence-electron chi connectivity index (χ2n) is 7.89. The highest BCUT2D eigenvalue weighted by atomic mass is 19.4. The van der Waals surface area contributed by atoms with Gasteiger partial charge in [0.25, 0.3) is 0 Å². The van der Waals surface area contributed by atoms with E-state index in [0.717, 1.165) is 18.2 Å². The lowest BCUT2D eigenvalue weighted by molar-refractivity contribution is -0.162. The number of hydrogen-bond acceptors (Lipinski definition) is 4. The number of piperazine rings is 1. The Bertz CT molecular complexity index is 1150. The maximum absolute atomic E-state index is 14.0. The Balaban J connectivity index is 2.07. The topological polar surface area (TPSA) is 70.1 Å². The van der Waals surface area contributed by atoms with Crippen LogP contribution in [0.2, 0.25) is 0 Å². The average Bonchev–Trinajstić information content (AvgIpc) is 2.80. The molecule has 1 aliphatic heterocycles. The number of rotatable bonds is 6. The fraction of sp³-hybridized carbons (Fsp3) is 0.333. The molecule has 2 aromatic carbocycles. The van der Waals surface area contributed by atoms with Crippen LogP contribution in [0.25, 0.3) is 17.2 Å². The van der Waals surface area contributed by atoms with Crippen LogP contribution in [0.1, 0.15) is 16.7 Å². The van der Waals surface area contributed by atoms with Crippen LogP contribution >= 0.6 is 0 Å². The molecule has 0 atom stereocenters. The summed E-state index contributed by atoms with van der Waals surface area (Å²) < 4.78 is 87.9. The van der Waals surface area contributed by atoms with Crippen LogP contribution < -0.4 is 4.74 Å². The number of amides is 1. The van der Waals surface area contributed by atoms with Crippen LogP contribution in [0, 0.1) is 6.07 Å². The Hall–Kier alpha value is -3.54. The highest BCUT2D eigenvalue weighted by Gasteiger charge is 2.45. The van der Waals surface area contributed by atoms with E-state index in [-0.39, 0.29) is 49.6 Å². The zero-order valence-corrected chi connectivity index (χ0v) is 18.9. The Labute approximate surface area is 202 Å². The van der Waals surface area contributed by atoms with Crippen molar-refractivity contribution in [3.8, 4) is 16.9 Å². The molecule has 0 aliphatic carbocycles. The van der Waals surface area contributed by atoms with E-state index in [0.29, 0.717) is 0 Å². The van der Waals surface area contributed by atoms with Gasteiger partial charge >= 0.3 is 18.3 Å². The van der Waals surface area contributed by atoms with Crippen LogP contribution in [0.5, 0.6) is 5.75 Å². The largest absolute Gasteiger partial charge is 0.496 e. The normalized spacial score (nSPS) is 15.4. The first-order valence-corrected chi connectivity index (χ1v) is 10.6. The van der Waals surface area contributed by atoms with Gasteiger partial charge < -0.3 is 14.7 Å². The predicted molar refractivity (Wildman–Crippen MR) is 117 cm³/mol. The summed E-state index contributed by atoms with van der Waals surface area (Å²) in [6.07, 6.45) is -9.25. The van der Waals surface area contributed by atoms with E-state index in [4.69, 9.17) is 9.84 Å². The standard InChI is InChI=1S/C24H21F6N2O4/c1-36-19-5-3-2-4-16(19)15-6-8-18(23(25,26)27)22(24(28,29)30)17(15)7-9-20(33)32-12-10-31(11-13-32)14-21(34)35/h2-7,9H,10-14H2,1H3,(H,34,35)/b9-7+. The number of halogens is 6. The number of carbonyl (C=O) groups excluding carboxylic acids is 1. The summed E-state index contributed by atoms with van der Waals surface area (Å²) in [4.78, 5) is 26.4. The molecule has 1 fully saturated rings. The van der Waals surface area contributed by atoms with Crippen LogP contribution in [0.4, 0.5) is 26.3 Å². The molecule has 0 unspecified atom stereocenters. The molecule has 1 saturated heterocycles. The van der Waals surface area contributed by atoms with Gasteiger partial charge in [0, 0.05) is 37.8 Å². The molecular formula is C24H21F6N2O4. The molecule has 1 N–H and O–H groups in total. The lowest BCUT2D eigenvalue weighted by atomic mass is 9.90. The number of para-hydroxylation sites is 1. The molecule has 0 bridgehead atoms. The summed E-state index contributed by atoms with van der Waals surface area (Å²) in [7, 11) is 1.26. The quantitative estimate of drug-likeness (QED) is 0.455. The van der Waals surface area contributed by atoms with Gasteiger partial charge in [-0.15, -0.1) is 0 Å². The molecule has 1 amide bonds.